The van der Waals surface area contributed by atoms with Gasteiger partial charge in [0.05, 0.1) is 4.92 Å². The Morgan fingerprint density at radius 1 is 1.33 bits per heavy atom. The lowest BCUT2D eigenvalue weighted by atomic mass is 9.88. The van der Waals surface area contributed by atoms with Crippen LogP contribution in [0.25, 0.3) is 0 Å². The second-order valence-electron chi connectivity index (χ2n) is 5.47. The first kappa shape index (κ1) is 13.5. The zero-order chi connectivity index (χ0) is 14.8. The van der Waals surface area contributed by atoms with Gasteiger partial charge in [-0.2, -0.15) is 0 Å². The monoisotopic (exact) mass is 283 g/mol. The van der Waals surface area contributed by atoms with E-state index in [0.29, 0.717) is 17.4 Å². The molecule has 0 spiro atoms. The van der Waals surface area contributed by atoms with Gasteiger partial charge in [0.15, 0.2) is 0 Å². The molecule has 108 valence electrons. The van der Waals surface area contributed by atoms with E-state index in [1.54, 1.807) is 13.0 Å². The number of nitrogens with zero attached hydrogens (tertiary/aromatic N) is 2. The van der Waals surface area contributed by atoms with Crippen LogP contribution in [-0.2, 0) is 12.8 Å². The molecule has 21 heavy (non-hydrogen) atoms. The van der Waals surface area contributed by atoms with Gasteiger partial charge in [0.1, 0.15) is 12.0 Å². The minimum Gasteiger partial charge on any atom is -0.367 e. The highest BCUT2D eigenvalue weighted by Crippen LogP contribution is 2.24. The van der Waals surface area contributed by atoms with Crippen molar-refractivity contribution in [3.63, 3.8) is 0 Å². The molecule has 3 rings (SSSR count). The molecule has 0 saturated heterocycles. The molecule has 0 bridgehead atoms. The van der Waals surface area contributed by atoms with Crippen LogP contribution in [0.5, 0.6) is 0 Å². The zero-order valence-electron chi connectivity index (χ0n) is 11.9. The van der Waals surface area contributed by atoms with Crippen LogP contribution < -0.4 is 5.32 Å². The van der Waals surface area contributed by atoms with E-state index < -0.39 is 4.92 Å². The van der Waals surface area contributed by atoms with Crippen LogP contribution >= 0.6 is 0 Å². The number of anilines is 1. The van der Waals surface area contributed by atoms with Crippen molar-refractivity contribution in [2.75, 3.05) is 5.32 Å². The van der Waals surface area contributed by atoms with Crippen LogP contribution in [0, 0.1) is 17.0 Å². The lowest BCUT2D eigenvalue weighted by Gasteiger charge is -2.25. The van der Waals surface area contributed by atoms with E-state index >= 15 is 0 Å². The third-order valence-electron chi connectivity index (χ3n) is 3.98. The average Bonchev–Trinajstić information content (AvgIpc) is 2.47. The Hall–Kier alpha value is -2.43. The summed E-state index contributed by atoms with van der Waals surface area (Å²) in [6.07, 6.45) is 4.40. The molecule has 2 aromatic rings. The summed E-state index contributed by atoms with van der Waals surface area (Å²) in [5.74, 6) is 0.711. The van der Waals surface area contributed by atoms with Gasteiger partial charge >= 0.3 is 0 Å². The summed E-state index contributed by atoms with van der Waals surface area (Å²) in [5, 5.41) is 14.2. The van der Waals surface area contributed by atoms with Crippen molar-refractivity contribution in [2.24, 2.45) is 0 Å². The van der Waals surface area contributed by atoms with E-state index in [2.05, 4.69) is 34.6 Å². The molecule has 0 aliphatic heterocycles. The maximum absolute atomic E-state index is 10.8. The first-order chi connectivity index (χ1) is 10.1. The van der Waals surface area contributed by atoms with Gasteiger partial charge in [0.2, 0.25) is 0 Å². The summed E-state index contributed by atoms with van der Waals surface area (Å²) in [4.78, 5) is 14.6. The molecule has 0 radical (unpaired) electrons. The number of aromatic nitrogens is 1. The summed E-state index contributed by atoms with van der Waals surface area (Å²) in [5.41, 5.74) is 3.49. The summed E-state index contributed by atoms with van der Waals surface area (Å²) in [6.45, 7) is 1.74. The van der Waals surface area contributed by atoms with Crippen molar-refractivity contribution in [2.45, 2.75) is 32.2 Å². The summed E-state index contributed by atoms with van der Waals surface area (Å²) in [6, 6.07) is 10.6. The minimum absolute atomic E-state index is 0.0644. The highest BCUT2D eigenvalue weighted by atomic mass is 16.6. The number of rotatable bonds is 3. The predicted molar refractivity (Wildman–Crippen MR) is 81.5 cm³/mol. The summed E-state index contributed by atoms with van der Waals surface area (Å²) in [7, 11) is 0. The van der Waals surface area contributed by atoms with Crippen molar-refractivity contribution in [3.8, 4) is 0 Å². The molecular weight excluding hydrogens is 266 g/mol. The average molecular weight is 283 g/mol. The second kappa shape index (κ2) is 5.52. The standard InChI is InChI=1S/C16H17N3O2/c1-11-8-16(17-10-15(11)19(20)21)18-14-7-6-12-4-2-3-5-13(12)9-14/h2-5,8,10,14H,6-7,9H2,1H3,(H,17,18). The van der Waals surface area contributed by atoms with Crippen LogP contribution in [0.4, 0.5) is 11.5 Å². The molecule has 5 heteroatoms. The van der Waals surface area contributed by atoms with Gasteiger partial charge in [-0.15, -0.1) is 0 Å². The zero-order valence-corrected chi connectivity index (χ0v) is 11.9. The van der Waals surface area contributed by atoms with E-state index in [-0.39, 0.29) is 5.69 Å². The predicted octanol–water partition coefficient (Wildman–Crippen LogP) is 3.27. The van der Waals surface area contributed by atoms with Crippen molar-refractivity contribution in [1.29, 1.82) is 0 Å². The quantitative estimate of drug-likeness (QED) is 0.693. The van der Waals surface area contributed by atoms with Gasteiger partial charge in [-0.1, -0.05) is 24.3 Å². The van der Waals surface area contributed by atoms with Crippen molar-refractivity contribution >= 4 is 11.5 Å². The molecule has 1 unspecified atom stereocenters. The van der Waals surface area contributed by atoms with Gasteiger partial charge in [-0.3, -0.25) is 10.1 Å². The van der Waals surface area contributed by atoms with E-state index in [1.807, 2.05) is 0 Å². The van der Waals surface area contributed by atoms with Gasteiger partial charge in [-0.05, 0) is 43.4 Å². The van der Waals surface area contributed by atoms with E-state index in [0.717, 1.165) is 19.3 Å². The second-order valence-corrected chi connectivity index (χ2v) is 5.47. The van der Waals surface area contributed by atoms with E-state index in [9.17, 15) is 10.1 Å². The SMILES string of the molecule is Cc1cc(NC2CCc3ccccc3C2)ncc1[N+](=O)[O-]. The number of nitrogens with one attached hydrogen (secondary N) is 1. The molecule has 0 saturated carbocycles. The molecule has 0 amide bonds. The third-order valence-corrected chi connectivity index (χ3v) is 3.98. The van der Waals surface area contributed by atoms with Crippen LogP contribution in [0.1, 0.15) is 23.1 Å². The number of benzene rings is 1. The Morgan fingerprint density at radius 3 is 2.81 bits per heavy atom. The number of fused-ring (bicyclic) bond motifs is 1. The number of aryl methyl sites for hydroxylation is 2. The minimum atomic E-state index is -0.400. The van der Waals surface area contributed by atoms with Gasteiger partial charge in [-0.25, -0.2) is 4.98 Å². The molecule has 1 N–H and O–H groups in total. The van der Waals surface area contributed by atoms with Gasteiger partial charge < -0.3 is 5.32 Å². The fourth-order valence-electron chi connectivity index (χ4n) is 2.85. The highest BCUT2D eigenvalue weighted by molar-refractivity contribution is 5.48. The smallest absolute Gasteiger partial charge is 0.290 e. The van der Waals surface area contributed by atoms with Gasteiger partial charge in [0.25, 0.3) is 5.69 Å². The molecule has 1 heterocycles. The Balaban J connectivity index is 1.73. The first-order valence-electron chi connectivity index (χ1n) is 7.08. The summed E-state index contributed by atoms with van der Waals surface area (Å²) >= 11 is 0. The van der Waals surface area contributed by atoms with Crippen molar-refractivity contribution in [3.05, 3.63) is 63.3 Å². The van der Waals surface area contributed by atoms with Crippen LogP contribution in [-0.4, -0.2) is 15.9 Å². The van der Waals surface area contributed by atoms with Crippen LogP contribution in [0.15, 0.2) is 36.5 Å². The molecule has 5 nitrogen and oxygen atoms in total. The van der Waals surface area contributed by atoms with Crippen molar-refractivity contribution < 1.29 is 4.92 Å². The largest absolute Gasteiger partial charge is 0.367 e. The number of pyridine rings is 1. The molecule has 0 fully saturated rings. The third kappa shape index (κ3) is 2.86. The van der Waals surface area contributed by atoms with E-state index in [1.165, 1.54) is 17.3 Å². The van der Waals surface area contributed by atoms with Crippen LogP contribution in [0.3, 0.4) is 0 Å². The molecule has 1 aliphatic rings. The fraction of sp³-hybridized carbons (Fsp3) is 0.312. The lowest BCUT2D eigenvalue weighted by Crippen LogP contribution is -2.27. The number of hydrogen-bond acceptors (Lipinski definition) is 4. The Morgan fingerprint density at radius 2 is 2.10 bits per heavy atom. The van der Waals surface area contributed by atoms with E-state index in [4.69, 9.17) is 0 Å². The first-order valence-corrected chi connectivity index (χ1v) is 7.08. The molecule has 1 aromatic heterocycles. The highest BCUT2D eigenvalue weighted by Gasteiger charge is 2.19. The Bertz CT molecular complexity index is 685. The summed E-state index contributed by atoms with van der Waals surface area (Å²) < 4.78 is 0. The fourth-order valence-corrected chi connectivity index (χ4v) is 2.85. The van der Waals surface area contributed by atoms with Crippen molar-refractivity contribution in [1.82, 2.24) is 4.98 Å². The number of nitro groups is 1. The lowest BCUT2D eigenvalue weighted by molar-refractivity contribution is -0.385. The normalized spacial score (nSPS) is 17.1. The van der Waals surface area contributed by atoms with Gasteiger partial charge in [0, 0.05) is 11.6 Å². The number of hydrogen-bond donors (Lipinski definition) is 1. The molecule has 1 aromatic carbocycles. The Labute approximate surface area is 123 Å². The topological polar surface area (TPSA) is 68.1 Å². The van der Waals surface area contributed by atoms with Crippen LogP contribution in [0.2, 0.25) is 0 Å². The molecule has 1 aliphatic carbocycles. The Kier molecular flexibility index (Phi) is 3.56. The molecular formula is C16H17N3O2. The molecule has 1 atom stereocenters. The maximum atomic E-state index is 10.8. The maximum Gasteiger partial charge on any atom is 0.290 e.